The lowest BCUT2D eigenvalue weighted by atomic mass is 9.48. The first-order chi connectivity index (χ1) is 14.0. The minimum Gasteiger partial charge on any atom is -0.481 e. The van der Waals surface area contributed by atoms with Crippen LogP contribution in [-0.2, 0) is 14.4 Å². The van der Waals surface area contributed by atoms with Crippen LogP contribution in [0.25, 0.3) is 0 Å². The van der Waals surface area contributed by atoms with Gasteiger partial charge in [-0.1, -0.05) is 33.6 Å². The van der Waals surface area contributed by atoms with Gasteiger partial charge in [-0.25, -0.2) is 0 Å². The first kappa shape index (κ1) is 23.1. The van der Waals surface area contributed by atoms with E-state index in [1.54, 1.807) is 0 Å². The Kier molecular flexibility index (Phi) is 6.54. The molecule has 0 aromatic carbocycles. The molecule has 0 bridgehead atoms. The SMILES string of the molecule is C[C@@H](CCC(=O)O)[C@@H]1CC[C@H]2[C@@H](C(=O)O)[C@@H]([C@@]3(C)CCCC[C@H]3C(=O)O)CC[C@@]21C. The Morgan fingerprint density at radius 2 is 1.53 bits per heavy atom. The fourth-order valence-electron chi connectivity index (χ4n) is 7.96. The molecule has 0 aromatic heterocycles. The third-order valence-electron chi connectivity index (χ3n) is 9.53. The molecule has 3 aliphatic rings. The average molecular weight is 423 g/mol. The largest absolute Gasteiger partial charge is 0.481 e. The minimum atomic E-state index is -0.779. The number of carbonyl (C=O) groups is 3. The molecule has 0 spiro atoms. The van der Waals surface area contributed by atoms with Crippen LogP contribution in [0.5, 0.6) is 0 Å². The highest BCUT2D eigenvalue weighted by Gasteiger charge is 2.61. The molecule has 0 saturated heterocycles. The molecule has 3 rings (SSSR count). The van der Waals surface area contributed by atoms with Crippen molar-refractivity contribution in [2.45, 2.75) is 85.0 Å². The number of rotatable bonds is 7. The second-order valence-electron chi connectivity index (χ2n) is 10.9. The molecule has 0 aliphatic heterocycles. The number of fused-ring (bicyclic) bond motifs is 1. The van der Waals surface area contributed by atoms with Crippen LogP contribution in [0.3, 0.4) is 0 Å². The van der Waals surface area contributed by atoms with Crippen LogP contribution in [0, 0.1) is 46.3 Å². The summed E-state index contributed by atoms with van der Waals surface area (Å²) in [4.78, 5) is 35.7. The summed E-state index contributed by atoms with van der Waals surface area (Å²) < 4.78 is 0. The standard InChI is InChI=1S/C24H38O6/c1-14(7-10-19(25)26)15-8-9-16-20(22(29)30)17(11-13-24(15,16)3)23(2)12-5-4-6-18(23)21(27)28/h14-18,20H,4-13H2,1-3H3,(H,25,26)(H,27,28)(H,29,30)/t14-,15-,16-,17-,18-,20+,23+,24+/m0/s1. The Hall–Kier alpha value is -1.59. The van der Waals surface area contributed by atoms with Crippen LogP contribution in [0.2, 0.25) is 0 Å². The van der Waals surface area contributed by atoms with Crippen LogP contribution >= 0.6 is 0 Å². The van der Waals surface area contributed by atoms with Gasteiger partial charge in [0.1, 0.15) is 0 Å². The first-order valence-electron chi connectivity index (χ1n) is 11.7. The lowest BCUT2D eigenvalue weighted by Crippen LogP contribution is -2.53. The molecule has 3 saturated carbocycles. The van der Waals surface area contributed by atoms with Gasteiger partial charge in [-0.15, -0.1) is 0 Å². The van der Waals surface area contributed by atoms with E-state index in [0.717, 1.165) is 44.9 Å². The smallest absolute Gasteiger partial charge is 0.307 e. The van der Waals surface area contributed by atoms with Gasteiger partial charge >= 0.3 is 17.9 Å². The molecular weight excluding hydrogens is 384 g/mol. The van der Waals surface area contributed by atoms with Crippen molar-refractivity contribution in [3.05, 3.63) is 0 Å². The Morgan fingerprint density at radius 1 is 0.867 bits per heavy atom. The van der Waals surface area contributed by atoms with Gasteiger partial charge in [0.15, 0.2) is 0 Å². The third-order valence-corrected chi connectivity index (χ3v) is 9.53. The molecule has 3 aliphatic carbocycles. The topological polar surface area (TPSA) is 112 Å². The molecule has 170 valence electrons. The van der Waals surface area contributed by atoms with E-state index in [9.17, 15) is 24.6 Å². The quantitative estimate of drug-likeness (QED) is 0.537. The molecule has 30 heavy (non-hydrogen) atoms. The van der Waals surface area contributed by atoms with Gasteiger partial charge in [-0.05, 0) is 79.4 Å². The van der Waals surface area contributed by atoms with E-state index in [2.05, 4.69) is 13.8 Å². The van der Waals surface area contributed by atoms with Crippen LogP contribution in [0.4, 0.5) is 0 Å². The molecule has 0 unspecified atom stereocenters. The maximum absolute atomic E-state index is 12.6. The number of hydrogen-bond acceptors (Lipinski definition) is 3. The van der Waals surface area contributed by atoms with Crippen molar-refractivity contribution in [1.29, 1.82) is 0 Å². The highest BCUT2D eigenvalue weighted by molar-refractivity contribution is 5.73. The number of carboxylic acid groups (broad SMARTS) is 3. The minimum absolute atomic E-state index is 0.0409. The molecule has 8 atom stereocenters. The second kappa shape index (κ2) is 8.51. The summed E-state index contributed by atoms with van der Waals surface area (Å²) in [5.74, 6) is -2.79. The molecule has 0 amide bonds. The van der Waals surface area contributed by atoms with Crippen LogP contribution in [-0.4, -0.2) is 33.2 Å². The van der Waals surface area contributed by atoms with Gasteiger partial charge in [0.2, 0.25) is 0 Å². The summed E-state index contributed by atoms with van der Waals surface area (Å²) in [6, 6.07) is 0. The van der Waals surface area contributed by atoms with Crippen molar-refractivity contribution in [3.8, 4) is 0 Å². The zero-order valence-electron chi connectivity index (χ0n) is 18.6. The molecule has 6 heteroatoms. The molecule has 0 radical (unpaired) electrons. The molecule has 0 heterocycles. The van der Waals surface area contributed by atoms with Crippen molar-refractivity contribution < 1.29 is 29.7 Å². The van der Waals surface area contributed by atoms with Gasteiger partial charge in [-0.2, -0.15) is 0 Å². The number of hydrogen-bond donors (Lipinski definition) is 3. The van der Waals surface area contributed by atoms with Gasteiger partial charge in [0.05, 0.1) is 11.8 Å². The number of carboxylic acids is 3. The maximum atomic E-state index is 12.6. The van der Waals surface area contributed by atoms with Crippen LogP contribution < -0.4 is 0 Å². The average Bonchev–Trinajstić information content (AvgIpc) is 3.02. The fraction of sp³-hybridized carbons (Fsp3) is 0.875. The summed E-state index contributed by atoms with van der Waals surface area (Å²) in [7, 11) is 0. The lowest BCUT2D eigenvalue weighted by molar-refractivity contribution is -0.168. The van der Waals surface area contributed by atoms with Crippen LogP contribution in [0.1, 0.15) is 85.0 Å². The molecule has 0 aromatic rings. The first-order valence-corrected chi connectivity index (χ1v) is 11.7. The summed E-state index contributed by atoms with van der Waals surface area (Å²) >= 11 is 0. The predicted molar refractivity (Wildman–Crippen MR) is 112 cm³/mol. The van der Waals surface area contributed by atoms with Crippen molar-refractivity contribution in [1.82, 2.24) is 0 Å². The third kappa shape index (κ3) is 3.87. The van der Waals surface area contributed by atoms with Crippen LogP contribution in [0.15, 0.2) is 0 Å². The van der Waals surface area contributed by atoms with Gasteiger partial charge in [0, 0.05) is 6.42 Å². The van der Waals surface area contributed by atoms with Crippen molar-refractivity contribution in [2.24, 2.45) is 46.3 Å². The fourth-order valence-corrected chi connectivity index (χ4v) is 7.96. The Labute approximate surface area is 179 Å². The molecule has 6 nitrogen and oxygen atoms in total. The summed E-state index contributed by atoms with van der Waals surface area (Å²) in [6.07, 6.45) is 7.55. The lowest BCUT2D eigenvalue weighted by Gasteiger charge is -2.55. The van der Waals surface area contributed by atoms with E-state index < -0.39 is 35.2 Å². The predicted octanol–water partition coefficient (Wildman–Crippen LogP) is 4.91. The Balaban J connectivity index is 1.88. The Bertz CT molecular complexity index is 689. The van der Waals surface area contributed by atoms with E-state index >= 15 is 0 Å². The van der Waals surface area contributed by atoms with Gasteiger partial charge in [0.25, 0.3) is 0 Å². The highest BCUT2D eigenvalue weighted by Crippen LogP contribution is 2.65. The summed E-state index contributed by atoms with van der Waals surface area (Å²) in [6.45, 7) is 6.37. The normalized spacial score (nSPS) is 42.3. The monoisotopic (exact) mass is 422 g/mol. The maximum Gasteiger partial charge on any atom is 0.307 e. The van der Waals surface area contributed by atoms with E-state index in [-0.39, 0.29) is 29.6 Å². The van der Waals surface area contributed by atoms with Gasteiger partial charge < -0.3 is 15.3 Å². The molecule has 3 fully saturated rings. The van der Waals surface area contributed by atoms with Crippen molar-refractivity contribution in [2.75, 3.05) is 0 Å². The van der Waals surface area contributed by atoms with E-state index in [1.165, 1.54) is 0 Å². The number of aliphatic carboxylic acids is 3. The highest BCUT2D eigenvalue weighted by atomic mass is 16.4. The second-order valence-corrected chi connectivity index (χ2v) is 10.9. The summed E-state index contributed by atoms with van der Waals surface area (Å²) in [5, 5.41) is 29.3. The van der Waals surface area contributed by atoms with E-state index in [1.807, 2.05) is 6.92 Å². The van der Waals surface area contributed by atoms with E-state index in [4.69, 9.17) is 5.11 Å². The zero-order chi connectivity index (χ0) is 22.3. The summed E-state index contributed by atoms with van der Waals surface area (Å²) in [5.41, 5.74) is -0.581. The van der Waals surface area contributed by atoms with Crippen molar-refractivity contribution in [3.63, 3.8) is 0 Å². The van der Waals surface area contributed by atoms with Crippen molar-refractivity contribution >= 4 is 17.9 Å². The molecular formula is C24H38O6. The molecule has 3 N–H and O–H groups in total. The Morgan fingerprint density at radius 3 is 2.13 bits per heavy atom. The zero-order valence-corrected chi connectivity index (χ0v) is 18.6. The van der Waals surface area contributed by atoms with E-state index in [0.29, 0.717) is 18.8 Å². The van der Waals surface area contributed by atoms with Gasteiger partial charge in [-0.3, -0.25) is 14.4 Å².